The van der Waals surface area contributed by atoms with Crippen molar-refractivity contribution in [2.75, 3.05) is 13.1 Å². The van der Waals surface area contributed by atoms with Gasteiger partial charge in [0.1, 0.15) is 17.4 Å². The van der Waals surface area contributed by atoms with Crippen LogP contribution in [0.2, 0.25) is 0 Å². The maximum Gasteiger partial charge on any atom is 0.227 e. The van der Waals surface area contributed by atoms with E-state index in [-0.39, 0.29) is 23.7 Å². The summed E-state index contributed by atoms with van der Waals surface area (Å²) in [7, 11) is 0. The molecule has 2 rings (SSSR count). The minimum absolute atomic E-state index is 0.0969. The van der Waals surface area contributed by atoms with Gasteiger partial charge < -0.3 is 4.90 Å². The molecular formula is C13H13F2NO2. The van der Waals surface area contributed by atoms with Crippen LogP contribution in [0.15, 0.2) is 18.2 Å². The molecule has 0 bridgehead atoms. The number of halogens is 2. The maximum atomic E-state index is 13.4. The van der Waals surface area contributed by atoms with Gasteiger partial charge in [0.15, 0.2) is 0 Å². The molecule has 1 fully saturated rings. The van der Waals surface area contributed by atoms with Crippen molar-refractivity contribution in [1.82, 2.24) is 4.90 Å². The zero-order valence-corrected chi connectivity index (χ0v) is 9.79. The van der Waals surface area contributed by atoms with Gasteiger partial charge in [-0.15, -0.1) is 0 Å². The largest absolute Gasteiger partial charge is 0.342 e. The first-order valence-corrected chi connectivity index (χ1v) is 5.79. The van der Waals surface area contributed by atoms with E-state index in [1.54, 1.807) is 4.90 Å². The summed E-state index contributed by atoms with van der Waals surface area (Å²) < 4.78 is 26.1. The SMILES string of the molecule is O=C1CCN(C(=O)Cc2ccc(F)cc2F)CC1. The number of Topliss-reactive ketones (excluding diaryl/α,β-unsaturated/α-hetero) is 1. The minimum Gasteiger partial charge on any atom is -0.342 e. The van der Waals surface area contributed by atoms with E-state index in [0.29, 0.717) is 25.9 Å². The Bertz CT molecular complexity index is 478. The Kier molecular flexibility index (Phi) is 3.69. The summed E-state index contributed by atoms with van der Waals surface area (Å²) in [6.45, 7) is 0.779. The molecule has 0 atom stereocenters. The first kappa shape index (κ1) is 12.7. The third-order valence-electron chi connectivity index (χ3n) is 3.03. The first-order valence-electron chi connectivity index (χ1n) is 5.79. The predicted octanol–water partition coefficient (Wildman–Crippen LogP) is 1.70. The average Bonchev–Trinajstić information content (AvgIpc) is 2.33. The lowest BCUT2D eigenvalue weighted by Gasteiger charge is -2.26. The number of carbonyl (C=O) groups is 2. The van der Waals surface area contributed by atoms with E-state index in [1.165, 1.54) is 6.07 Å². The molecule has 0 radical (unpaired) electrons. The van der Waals surface area contributed by atoms with Crippen molar-refractivity contribution in [1.29, 1.82) is 0 Å². The van der Waals surface area contributed by atoms with E-state index in [9.17, 15) is 18.4 Å². The zero-order valence-electron chi connectivity index (χ0n) is 9.79. The molecule has 1 aromatic rings. The second-order valence-electron chi connectivity index (χ2n) is 4.33. The van der Waals surface area contributed by atoms with Crippen molar-refractivity contribution in [2.45, 2.75) is 19.3 Å². The third kappa shape index (κ3) is 2.91. The minimum atomic E-state index is -0.712. The quantitative estimate of drug-likeness (QED) is 0.804. The molecule has 5 heteroatoms. The number of ketones is 1. The van der Waals surface area contributed by atoms with E-state index < -0.39 is 11.6 Å². The highest BCUT2D eigenvalue weighted by Crippen LogP contribution is 2.13. The molecule has 0 aromatic heterocycles. The molecule has 0 unspecified atom stereocenters. The lowest BCUT2D eigenvalue weighted by Crippen LogP contribution is -2.39. The van der Waals surface area contributed by atoms with Crippen molar-refractivity contribution < 1.29 is 18.4 Å². The molecule has 1 aliphatic rings. The van der Waals surface area contributed by atoms with Gasteiger partial charge in [-0.2, -0.15) is 0 Å². The Hall–Kier alpha value is -1.78. The zero-order chi connectivity index (χ0) is 13.1. The van der Waals surface area contributed by atoms with Gasteiger partial charge in [0.25, 0.3) is 0 Å². The molecule has 1 saturated heterocycles. The lowest BCUT2D eigenvalue weighted by molar-refractivity contribution is -0.133. The van der Waals surface area contributed by atoms with Crippen molar-refractivity contribution in [3.8, 4) is 0 Å². The summed E-state index contributed by atoms with van der Waals surface area (Å²) in [6, 6.07) is 3.17. The highest BCUT2D eigenvalue weighted by molar-refractivity contribution is 5.84. The van der Waals surface area contributed by atoms with E-state index in [2.05, 4.69) is 0 Å². The van der Waals surface area contributed by atoms with Gasteiger partial charge >= 0.3 is 0 Å². The first-order chi connectivity index (χ1) is 8.56. The molecule has 1 heterocycles. The number of hydrogen-bond donors (Lipinski definition) is 0. The van der Waals surface area contributed by atoms with Crippen LogP contribution in [0.25, 0.3) is 0 Å². The summed E-state index contributed by atoms with van der Waals surface area (Å²) in [5.41, 5.74) is 0.179. The number of piperidine rings is 1. The van der Waals surface area contributed by atoms with Crippen molar-refractivity contribution in [2.24, 2.45) is 0 Å². The van der Waals surface area contributed by atoms with Crippen LogP contribution in [0.5, 0.6) is 0 Å². The van der Waals surface area contributed by atoms with Crippen LogP contribution in [0.4, 0.5) is 8.78 Å². The van der Waals surface area contributed by atoms with Gasteiger partial charge in [-0.05, 0) is 11.6 Å². The van der Waals surface area contributed by atoms with Crippen LogP contribution in [-0.2, 0) is 16.0 Å². The van der Waals surface area contributed by atoms with Crippen molar-refractivity contribution in [3.63, 3.8) is 0 Å². The summed E-state index contributed by atoms with van der Waals surface area (Å²) in [6.07, 6.45) is 0.621. The molecule has 0 aliphatic carbocycles. The summed E-state index contributed by atoms with van der Waals surface area (Å²) in [5.74, 6) is -1.45. The number of rotatable bonds is 2. The van der Waals surface area contributed by atoms with Gasteiger partial charge in [-0.3, -0.25) is 9.59 Å². The molecule has 0 saturated carbocycles. The van der Waals surface area contributed by atoms with Crippen LogP contribution >= 0.6 is 0 Å². The molecule has 18 heavy (non-hydrogen) atoms. The highest BCUT2D eigenvalue weighted by Gasteiger charge is 2.21. The number of amides is 1. The van der Waals surface area contributed by atoms with Crippen LogP contribution in [0.3, 0.4) is 0 Å². The van der Waals surface area contributed by atoms with Gasteiger partial charge in [0, 0.05) is 32.0 Å². The van der Waals surface area contributed by atoms with Gasteiger partial charge in [-0.25, -0.2) is 8.78 Å². The fraction of sp³-hybridized carbons (Fsp3) is 0.385. The molecule has 1 aliphatic heterocycles. The number of nitrogens with zero attached hydrogens (tertiary/aromatic N) is 1. The monoisotopic (exact) mass is 253 g/mol. The van der Waals surface area contributed by atoms with Crippen molar-refractivity contribution >= 4 is 11.7 Å². The highest BCUT2D eigenvalue weighted by atomic mass is 19.1. The Morgan fingerprint density at radius 1 is 1.22 bits per heavy atom. The smallest absolute Gasteiger partial charge is 0.227 e. The molecule has 1 aromatic carbocycles. The van der Waals surface area contributed by atoms with Crippen LogP contribution in [0, 0.1) is 11.6 Å². The average molecular weight is 253 g/mol. The third-order valence-corrected chi connectivity index (χ3v) is 3.03. The second kappa shape index (κ2) is 5.25. The van der Waals surface area contributed by atoms with Gasteiger partial charge in [-0.1, -0.05) is 6.07 Å². The van der Waals surface area contributed by atoms with E-state index in [1.807, 2.05) is 0 Å². The molecule has 0 spiro atoms. The summed E-state index contributed by atoms with van der Waals surface area (Å²) in [4.78, 5) is 24.5. The normalized spacial score (nSPS) is 15.9. The van der Waals surface area contributed by atoms with E-state index in [0.717, 1.165) is 12.1 Å². The number of likely N-dealkylation sites (tertiary alicyclic amines) is 1. The summed E-state index contributed by atoms with van der Waals surface area (Å²) in [5, 5.41) is 0. The molecule has 96 valence electrons. The number of hydrogen-bond acceptors (Lipinski definition) is 2. The Morgan fingerprint density at radius 2 is 1.89 bits per heavy atom. The topological polar surface area (TPSA) is 37.4 Å². The predicted molar refractivity (Wildman–Crippen MR) is 60.9 cm³/mol. The number of benzene rings is 1. The Balaban J connectivity index is 2.00. The van der Waals surface area contributed by atoms with E-state index >= 15 is 0 Å². The molecule has 1 amide bonds. The lowest BCUT2D eigenvalue weighted by atomic mass is 10.1. The number of carbonyl (C=O) groups excluding carboxylic acids is 2. The summed E-state index contributed by atoms with van der Waals surface area (Å²) >= 11 is 0. The standard InChI is InChI=1S/C13H13F2NO2/c14-10-2-1-9(12(15)8-10)7-13(18)16-5-3-11(17)4-6-16/h1-2,8H,3-7H2. The Labute approximate surface area is 103 Å². The molecular weight excluding hydrogens is 240 g/mol. The molecule has 3 nitrogen and oxygen atoms in total. The van der Waals surface area contributed by atoms with Crippen molar-refractivity contribution in [3.05, 3.63) is 35.4 Å². The Morgan fingerprint density at radius 3 is 2.50 bits per heavy atom. The van der Waals surface area contributed by atoms with Crippen LogP contribution < -0.4 is 0 Å². The fourth-order valence-electron chi connectivity index (χ4n) is 1.95. The van der Waals surface area contributed by atoms with Gasteiger partial charge in [0.2, 0.25) is 5.91 Å². The van der Waals surface area contributed by atoms with Crippen LogP contribution in [-0.4, -0.2) is 29.7 Å². The van der Waals surface area contributed by atoms with Crippen LogP contribution in [0.1, 0.15) is 18.4 Å². The van der Waals surface area contributed by atoms with E-state index in [4.69, 9.17) is 0 Å². The van der Waals surface area contributed by atoms with Gasteiger partial charge in [0.05, 0.1) is 6.42 Å². The molecule has 0 N–H and O–H groups in total. The maximum absolute atomic E-state index is 13.4. The fourth-order valence-corrected chi connectivity index (χ4v) is 1.95. The second-order valence-corrected chi connectivity index (χ2v) is 4.33.